The fourth-order valence-electron chi connectivity index (χ4n) is 2.99. The Hall–Kier alpha value is -2.29. The summed E-state index contributed by atoms with van der Waals surface area (Å²) in [6, 6.07) is 9.60. The van der Waals surface area contributed by atoms with Crippen LogP contribution in [0.3, 0.4) is 0 Å². The molecule has 0 unspecified atom stereocenters. The lowest BCUT2D eigenvalue weighted by atomic mass is 9.95. The summed E-state index contributed by atoms with van der Waals surface area (Å²) in [5.74, 6) is 2.21. The summed E-state index contributed by atoms with van der Waals surface area (Å²) in [6.45, 7) is 0. The third kappa shape index (κ3) is 1.70. The van der Waals surface area contributed by atoms with Crippen molar-refractivity contribution in [2.75, 3.05) is 0 Å². The molecule has 0 N–H and O–H groups in total. The van der Waals surface area contributed by atoms with Crippen LogP contribution in [-0.2, 0) is 12.8 Å². The van der Waals surface area contributed by atoms with Gasteiger partial charge in [0, 0.05) is 22.9 Å². The number of aldehydes is 1. The van der Waals surface area contributed by atoms with E-state index in [-0.39, 0.29) is 0 Å². The van der Waals surface area contributed by atoms with Gasteiger partial charge < -0.3 is 8.83 Å². The molecule has 0 spiro atoms. The zero-order chi connectivity index (χ0) is 13.5. The summed E-state index contributed by atoms with van der Waals surface area (Å²) in [4.78, 5) is 10.7. The molecule has 0 bridgehead atoms. The van der Waals surface area contributed by atoms with Gasteiger partial charge in [-0.25, -0.2) is 0 Å². The number of aryl methyl sites for hydroxylation is 2. The molecule has 0 saturated heterocycles. The molecule has 100 valence electrons. The summed E-state index contributed by atoms with van der Waals surface area (Å²) in [5.41, 5.74) is 3.28. The van der Waals surface area contributed by atoms with Crippen molar-refractivity contribution in [1.29, 1.82) is 0 Å². The lowest BCUT2D eigenvalue weighted by Gasteiger charge is -2.08. The summed E-state index contributed by atoms with van der Waals surface area (Å²) < 4.78 is 11.4. The number of benzene rings is 1. The SMILES string of the molecule is O=Cc1ccc(-c2ccc3oc4c(c3c2)CCCC4)o1. The molecule has 1 aliphatic rings. The van der Waals surface area contributed by atoms with Crippen LogP contribution in [0.5, 0.6) is 0 Å². The molecule has 0 atom stereocenters. The minimum absolute atomic E-state index is 0.356. The molecule has 0 amide bonds. The zero-order valence-electron chi connectivity index (χ0n) is 11.0. The molecule has 1 aliphatic carbocycles. The summed E-state index contributed by atoms with van der Waals surface area (Å²) in [7, 11) is 0. The molecule has 0 fully saturated rings. The van der Waals surface area contributed by atoms with E-state index in [0.717, 1.165) is 41.8 Å². The van der Waals surface area contributed by atoms with Gasteiger partial charge >= 0.3 is 0 Å². The van der Waals surface area contributed by atoms with Gasteiger partial charge in [-0.2, -0.15) is 0 Å². The van der Waals surface area contributed by atoms with E-state index in [1.807, 2.05) is 18.2 Å². The second kappa shape index (κ2) is 4.37. The van der Waals surface area contributed by atoms with E-state index in [0.29, 0.717) is 5.76 Å². The number of hydrogen-bond donors (Lipinski definition) is 0. The smallest absolute Gasteiger partial charge is 0.185 e. The Morgan fingerprint density at radius 2 is 1.90 bits per heavy atom. The van der Waals surface area contributed by atoms with Gasteiger partial charge in [-0.3, -0.25) is 4.79 Å². The molecule has 2 heterocycles. The highest BCUT2D eigenvalue weighted by Crippen LogP contribution is 2.34. The van der Waals surface area contributed by atoms with Crippen molar-refractivity contribution >= 4 is 17.3 Å². The van der Waals surface area contributed by atoms with Gasteiger partial charge in [0.1, 0.15) is 17.1 Å². The van der Waals surface area contributed by atoms with Gasteiger partial charge in [0.15, 0.2) is 12.0 Å². The Labute approximate surface area is 116 Å². The van der Waals surface area contributed by atoms with E-state index in [1.165, 1.54) is 23.8 Å². The number of carbonyl (C=O) groups is 1. The van der Waals surface area contributed by atoms with E-state index >= 15 is 0 Å². The van der Waals surface area contributed by atoms with Crippen LogP contribution in [-0.4, -0.2) is 6.29 Å². The van der Waals surface area contributed by atoms with Crippen LogP contribution in [0.1, 0.15) is 34.7 Å². The largest absolute Gasteiger partial charge is 0.461 e. The zero-order valence-corrected chi connectivity index (χ0v) is 11.0. The molecule has 3 nitrogen and oxygen atoms in total. The molecular formula is C17H14O3. The molecule has 1 aromatic carbocycles. The van der Waals surface area contributed by atoms with Crippen molar-refractivity contribution in [3.05, 3.63) is 47.4 Å². The third-order valence-corrected chi connectivity index (χ3v) is 3.98. The number of carbonyl (C=O) groups excluding carboxylic acids is 1. The van der Waals surface area contributed by atoms with Crippen LogP contribution < -0.4 is 0 Å². The quantitative estimate of drug-likeness (QED) is 0.646. The van der Waals surface area contributed by atoms with Gasteiger partial charge in [-0.05, 0) is 49.6 Å². The first-order valence-electron chi connectivity index (χ1n) is 6.95. The van der Waals surface area contributed by atoms with Crippen molar-refractivity contribution in [1.82, 2.24) is 0 Å². The maximum Gasteiger partial charge on any atom is 0.185 e. The third-order valence-electron chi connectivity index (χ3n) is 3.98. The highest BCUT2D eigenvalue weighted by atomic mass is 16.3. The molecule has 20 heavy (non-hydrogen) atoms. The number of hydrogen-bond acceptors (Lipinski definition) is 3. The van der Waals surface area contributed by atoms with E-state index < -0.39 is 0 Å². The fourth-order valence-corrected chi connectivity index (χ4v) is 2.99. The Bertz CT molecular complexity index is 792. The molecule has 2 aromatic heterocycles. The summed E-state index contributed by atoms with van der Waals surface area (Å²) in [5, 5.41) is 1.18. The maximum atomic E-state index is 10.7. The number of furan rings is 2. The Morgan fingerprint density at radius 1 is 1.00 bits per heavy atom. The average Bonchev–Trinajstić information content (AvgIpc) is 3.11. The van der Waals surface area contributed by atoms with Crippen LogP contribution in [0.25, 0.3) is 22.3 Å². The Balaban J connectivity index is 1.87. The predicted octanol–water partition coefficient (Wildman–Crippen LogP) is 4.38. The number of rotatable bonds is 2. The van der Waals surface area contributed by atoms with Crippen molar-refractivity contribution in [2.24, 2.45) is 0 Å². The van der Waals surface area contributed by atoms with Gasteiger partial charge in [0.2, 0.25) is 0 Å². The lowest BCUT2D eigenvalue weighted by Crippen LogP contribution is -1.98. The summed E-state index contributed by atoms with van der Waals surface area (Å²) >= 11 is 0. The highest BCUT2D eigenvalue weighted by Gasteiger charge is 2.18. The fraction of sp³-hybridized carbons (Fsp3) is 0.235. The normalized spacial score (nSPS) is 14.4. The van der Waals surface area contributed by atoms with Crippen LogP contribution in [0.15, 0.2) is 39.2 Å². The van der Waals surface area contributed by atoms with Crippen LogP contribution in [0.2, 0.25) is 0 Å². The monoisotopic (exact) mass is 266 g/mol. The Kier molecular flexibility index (Phi) is 2.52. The van der Waals surface area contributed by atoms with E-state index in [1.54, 1.807) is 6.07 Å². The second-order valence-corrected chi connectivity index (χ2v) is 5.24. The van der Waals surface area contributed by atoms with Gasteiger partial charge in [0.05, 0.1) is 0 Å². The van der Waals surface area contributed by atoms with Crippen LogP contribution in [0, 0.1) is 0 Å². The van der Waals surface area contributed by atoms with Crippen molar-refractivity contribution < 1.29 is 13.6 Å². The Morgan fingerprint density at radius 3 is 2.75 bits per heavy atom. The average molecular weight is 266 g/mol. The van der Waals surface area contributed by atoms with Gasteiger partial charge in [-0.15, -0.1) is 0 Å². The predicted molar refractivity (Wildman–Crippen MR) is 75.9 cm³/mol. The van der Waals surface area contributed by atoms with E-state index in [2.05, 4.69) is 6.07 Å². The minimum atomic E-state index is 0.356. The molecule has 4 rings (SSSR count). The first-order chi connectivity index (χ1) is 9.85. The highest BCUT2D eigenvalue weighted by molar-refractivity contribution is 5.87. The van der Waals surface area contributed by atoms with E-state index in [4.69, 9.17) is 8.83 Å². The summed E-state index contributed by atoms with van der Waals surface area (Å²) in [6.07, 6.45) is 5.28. The molecule has 0 radical (unpaired) electrons. The standard InChI is InChI=1S/C17H14O3/c18-10-12-6-8-15(19-12)11-5-7-17-14(9-11)13-3-1-2-4-16(13)20-17/h5-10H,1-4H2. The van der Waals surface area contributed by atoms with Crippen molar-refractivity contribution in [3.63, 3.8) is 0 Å². The van der Waals surface area contributed by atoms with E-state index in [9.17, 15) is 4.79 Å². The second-order valence-electron chi connectivity index (χ2n) is 5.24. The number of fused-ring (bicyclic) bond motifs is 3. The maximum absolute atomic E-state index is 10.7. The first kappa shape index (κ1) is 11.5. The lowest BCUT2D eigenvalue weighted by molar-refractivity contribution is 0.110. The first-order valence-corrected chi connectivity index (χ1v) is 6.95. The molecular weight excluding hydrogens is 252 g/mol. The van der Waals surface area contributed by atoms with Gasteiger partial charge in [0.25, 0.3) is 0 Å². The van der Waals surface area contributed by atoms with Crippen molar-refractivity contribution in [2.45, 2.75) is 25.7 Å². The molecule has 0 aliphatic heterocycles. The molecule has 3 aromatic rings. The minimum Gasteiger partial charge on any atom is -0.461 e. The molecule has 0 saturated carbocycles. The van der Waals surface area contributed by atoms with Gasteiger partial charge in [-0.1, -0.05) is 0 Å². The van der Waals surface area contributed by atoms with Crippen LogP contribution in [0.4, 0.5) is 0 Å². The van der Waals surface area contributed by atoms with Crippen LogP contribution >= 0.6 is 0 Å². The van der Waals surface area contributed by atoms with Crippen molar-refractivity contribution in [3.8, 4) is 11.3 Å². The molecule has 3 heteroatoms. The topological polar surface area (TPSA) is 43.4 Å².